The molecule has 2 rings (SSSR count). The molecule has 86 valence electrons. The van der Waals surface area contributed by atoms with Gasteiger partial charge in [0.1, 0.15) is 11.6 Å². The molecule has 0 saturated heterocycles. The second-order valence-corrected chi connectivity index (χ2v) is 3.83. The minimum Gasteiger partial charge on any atom is -0.298 e. The summed E-state index contributed by atoms with van der Waals surface area (Å²) in [6.45, 7) is 1.83. The van der Waals surface area contributed by atoms with E-state index in [-0.39, 0.29) is 5.56 Å². The maximum atomic E-state index is 13.6. The standard InChI is InChI=1S/C14H10F2O/c1-9-2-3-10(8-17)12(6-9)13-7-11(15)4-5-14(13)16/h2-8H,1H3. The molecule has 0 aromatic heterocycles. The van der Waals surface area contributed by atoms with Gasteiger partial charge in [0.25, 0.3) is 0 Å². The molecule has 2 aromatic rings. The highest BCUT2D eigenvalue weighted by Crippen LogP contribution is 2.27. The van der Waals surface area contributed by atoms with E-state index in [1.807, 2.05) is 6.92 Å². The monoisotopic (exact) mass is 232 g/mol. The Hall–Kier alpha value is -2.03. The summed E-state index contributed by atoms with van der Waals surface area (Å²) in [5.74, 6) is -1.07. The molecule has 0 heterocycles. The average Bonchev–Trinajstić information content (AvgIpc) is 2.32. The molecular weight excluding hydrogens is 222 g/mol. The molecule has 0 fully saturated rings. The number of aldehydes is 1. The summed E-state index contributed by atoms with van der Waals surface area (Å²) in [4.78, 5) is 10.9. The van der Waals surface area contributed by atoms with Crippen molar-refractivity contribution in [3.63, 3.8) is 0 Å². The van der Waals surface area contributed by atoms with Crippen molar-refractivity contribution in [1.29, 1.82) is 0 Å². The molecule has 0 N–H and O–H groups in total. The molecular formula is C14H10F2O. The number of carbonyl (C=O) groups is 1. The molecule has 2 aromatic carbocycles. The zero-order valence-electron chi connectivity index (χ0n) is 9.21. The van der Waals surface area contributed by atoms with Gasteiger partial charge in [-0.05, 0) is 30.7 Å². The molecule has 0 radical (unpaired) electrons. The minimum absolute atomic E-state index is 0.107. The van der Waals surface area contributed by atoms with Crippen molar-refractivity contribution in [3.8, 4) is 11.1 Å². The first-order valence-corrected chi connectivity index (χ1v) is 5.13. The minimum atomic E-state index is -0.542. The van der Waals surface area contributed by atoms with Gasteiger partial charge in [-0.2, -0.15) is 0 Å². The highest BCUT2D eigenvalue weighted by atomic mass is 19.1. The van der Waals surface area contributed by atoms with Crippen LogP contribution in [0.3, 0.4) is 0 Å². The van der Waals surface area contributed by atoms with E-state index >= 15 is 0 Å². The molecule has 0 saturated carbocycles. The van der Waals surface area contributed by atoms with Gasteiger partial charge in [0.2, 0.25) is 0 Å². The molecule has 0 aliphatic rings. The molecule has 0 spiro atoms. The number of halogens is 2. The van der Waals surface area contributed by atoms with Crippen molar-refractivity contribution in [2.75, 3.05) is 0 Å². The SMILES string of the molecule is Cc1ccc(C=O)c(-c2cc(F)ccc2F)c1. The first-order valence-electron chi connectivity index (χ1n) is 5.13. The number of carbonyl (C=O) groups excluding carboxylic acids is 1. The van der Waals surface area contributed by atoms with Gasteiger partial charge in [0.05, 0.1) is 0 Å². The summed E-state index contributed by atoms with van der Waals surface area (Å²) in [5.41, 5.74) is 1.75. The predicted molar refractivity (Wildman–Crippen MR) is 61.9 cm³/mol. The zero-order chi connectivity index (χ0) is 12.4. The van der Waals surface area contributed by atoms with Crippen molar-refractivity contribution < 1.29 is 13.6 Å². The first kappa shape index (κ1) is 11.5. The lowest BCUT2D eigenvalue weighted by molar-refractivity contribution is 0.112. The van der Waals surface area contributed by atoms with Crippen LogP contribution in [0.15, 0.2) is 36.4 Å². The highest BCUT2D eigenvalue weighted by molar-refractivity contribution is 5.88. The van der Waals surface area contributed by atoms with Gasteiger partial charge in [-0.15, -0.1) is 0 Å². The molecule has 0 bridgehead atoms. The summed E-state index contributed by atoms with van der Waals surface area (Å²) in [6, 6.07) is 8.22. The van der Waals surface area contributed by atoms with E-state index in [1.54, 1.807) is 18.2 Å². The predicted octanol–water partition coefficient (Wildman–Crippen LogP) is 3.75. The van der Waals surface area contributed by atoms with Gasteiger partial charge >= 0.3 is 0 Å². The fourth-order valence-electron chi connectivity index (χ4n) is 1.71. The van der Waals surface area contributed by atoms with E-state index in [0.717, 1.165) is 23.8 Å². The van der Waals surface area contributed by atoms with E-state index in [4.69, 9.17) is 0 Å². The Bertz CT molecular complexity index is 576. The Morgan fingerprint density at radius 1 is 1.00 bits per heavy atom. The second kappa shape index (κ2) is 4.45. The lowest BCUT2D eigenvalue weighted by Gasteiger charge is -2.07. The average molecular weight is 232 g/mol. The van der Waals surface area contributed by atoms with Crippen LogP contribution in [0, 0.1) is 18.6 Å². The first-order chi connectivity index (χ1) is 8.11. The van der Waals surface area contributed by atoms with Crippen LogP contribution in [0.25, 0.3) is 11.1 Å². The fourth-order valence-corrected chi connectivity index (χ4v) is 1.71. The lowest BCUT2D eigenvalue weighted by Crippen LogP contribution is -1.92. The van der Waals surface area contributed by atoms with Crippen LogP contribution in [0.2, 0.25) is 0 Å². The third kappa shape index (κ3) is 2.23. The third-order valence-corrected chi connectivity index (χ3v) is 2.55. The summed E-state index contributed by atoms with van der Waals surface area (Å²) >= 11 is 0. The van der Waals surface area contributed by atoms with Gasteiger partial charge < -0.3 is 0 Å². The van der Waals surface area contributed by atoms with Crippen LogP contribution in [-0.4, -0.2) is 6.29 Å². The number of aryl methyl sites for hydroxylation is 1. The summed E-state index contributed by atoms with van der Waals surface area (Å²) in [6.07, 6.45) is 0.638. The Labute approximate surface area is 97.7 Å². The van der Waals surface area contributed by atoms with Gasteiger partial charge in [-0.25, -0.2) is 8.78 Å². The molecule has 1 nitrogen and oxygen atoms in total. The molecule has 3 heteroatoms. The summed E-state index contributed by atoms with van der Waals surface area (Å²) < 4.78 is 26.7. The van der Waals surface area contributed by atoms with Crippen LogP contribution < -0.4 is 0 Å². The van der Waals surface area contributed by atoms with Crippen LogP contribution in [0.4, 0.5) is 8.78 Å². The quantitative estimate of drug-likeness (QED) is 0.720. The van der Waals surface area contributed by atoms with E-state index in [0.29, 0.717) is 17.4 Å². The van der Waals surface area contributed by atoms with Crippen LogP contribution >= 0.6 is 0 Å². The largest absolute Gasteiger partial charge is 0.298 e. The topological polar surface area (TPSA) is 17.1 Å². The highest BCUT2D eigenvalue weighted by Gasteiger charge is 2.10. The fraction of sp³-hybridized carbons (Fsp3) is 0.0714. The Morgan fingerprint density at radius 3 is 2.47 bits per heavy atom. The van der Waals surface area contributed by atoms with Crippen molar-refractivity contribution in [2.24, 2.45) is 0 Å². The maximum Gasteiger partial charge on any atom is 0.150 e. The smallest absolute Gasteiger partial charge is 0.150 e. The Kier molecular flexibility index (Phi) is 3.00. The van der Waals surface area contributed by atoms with Crippen LogP contribution in [0.1, 0.15) is 15.9 Å². The molecule has 0 aliphatic carbocycles. The molecule has 0 atom stereocenters. The summed E-state index contributed by atoms with van der Waals surface area (Å²) in [5, 5.41) is 0. The number of benzene rings is 2. The normalized spacial score (nSPS) is 10.3. The van der Waals surface area contributed by atoms with E-state index in [2.05, 4.69) is 0 Å². The Balaban J connectivity index is 2.70. The number of hydrogen-bond donors (Lipinski definition) is 0. The van der Waals surface area contributed by atoms with E-state index in [1.165, 1.54) is 0 Å². The Morgan fingerprint density at radius 2 is 1.76 bits per heavy atom. The molecule has 0 unspecified atom stereocenters. The van der Waals surface area contributed by atoms with E-state index in [9.17, 15) is 13.6 Å². The third-order valence-electron chi connectivity index (χ3n) is 2.55. The summed E-state index contributed by atoms with van der Waals surface area (Å²) in [7, 11) is 0. The van der Waals surface area contributed by atoms with Crippen molar-refractivity contribution in [2.45, 2.75) is 6.92 Å². The molecule has 17 heavy (non-hydrogen) atoms. The molecule has 0 amide bonds. The van der Waals surface area contributed by atoms with Gasteiger partial charge in [0, 0.05) is 11.1 Å². The van der Waals surface area contributed by atoms with Gasteiger partial charge in [-0.3, -0.25) is 4.79 Å². The maximum absolute atomic E-state index is 13.6. The van der Waals surface area contributed by atoms with Crippen LogP contribution in [-0.2, 0) is 0 Å². The van der Waals surface area contributed by atoms with E-state index < -0.39 is 11.6 Å². The number of hydrogen-bond acceptors (Lipinski definition) is 1. The number of rotatable bonds is 2. The van der Waals surface area contributed by atoms with Crippen LogP contribution in [0.5, 0.6) is 0 Å². The second-order valence-electron chi connectivity index (χ2n) is 3.83. The van der Waals surface area contributed by atoms with Gasteiger partial charge in [0.15, 0.2) is 6.29 Å². The van der Waals surface area contributed by atoms with Crippen molar-refractivity contribution in [1.82, 2.24) is 0 Å². The lowest BCUT2D eigenvalue weighted by atomic mass is 9.98. The molecule has 0 aliphatic heterocycles. The van der Waals surface area contributed by atoms with Crippen molar-refractivity contribution in [3.05, 3.63) is 59.2 Å². The van der Waals surface area contributed by atoms with Gasteiger partial charge in [-0.1, -0.05) is 23.8 Å². The zero-order valence-corrected chi connectivity index (χ0v) is 9.21. The van der Waals surface area contributed by atoms with Crippen molar-refractivity contribution >= 4 is 6.29 Å².